The molecule has 0 bridgehead atoms. The number of hydrogen-bond donors (Lipinski definition) is 2. The van der Waals surface area contributed by atoms with Gasteiger partial charge in [0.25, 0.3) is 0 Å². The van der Waals surface area contributed by atoms with Crippen LogP contribution in [0.5, 0.6) is 0 Å². The van der Waals surface area contributed by atoms with E-state index >= 15 is 0 Å². The van der Waals surface area contributed by atoms with Gasteiger partial charge in [0.05, 0.1) is 5.56 Å². The van der Waals surface area contributed by atoms with Crippen LogP contribution in [-0.4, -0.2) is 21.7 Å². The van der Waals surface area contributed by atoms with Crippen LogP contribution in [0.15, 0.2) is 24.3 Å². The van der Waals surface area contributed by atoms with Gasteiger partial charge in [-0.05, 0) is 25.1 Å². The SMILES string of the molecule is NCCCc1nc(-c2ccc(C(F)(F)F)cc2)n[nH]1. The van der Waals surface area contributed by atoms with Crippen LogP contribution in [0.1, 0.15) is 17.8 Å². The highest BCUT2D eigenvalue weighted by Gasteiger charge is 2.30. The molecular weight excluding hydrogens is 257 g/mol. The second kappa shape index (κ2) is 5.40. The average Bonchev–Trinajstić information content (AvgIpc) is 2.84. The van der Waals surface area contributed by atoms with Gasteiger partial charge in [-0.15, -0.1) is 0 Å². The summed E-state index contributed by atoms with van der Waals surface area (Å²) < 4.78 is 37.2. The second-order valence-electron chi connectivity index (χ2n) is 4.07. The Balaban J connectivity index is 2.16. The number of benzene rings is 1. The van der Waals surface area contributed by atoms with Gasteiger partial charge in [-0.3, -0.25) is 5.10 Å². The van der Waals surface area contributed by atoms with Crippen LogP contribution >= 0.6 is 0 Å². The molecule has 0 aliphatic heterocycles. The van der Waals surface area contributed by atoms with Crippen molar-refractivity contribution in [2.75, 3.05) is 6.54 Å². The lowest BCUT2D eigenvalue weighted by Crippen LogP contribution is -2.04. The number of aryl methyl sites for hydroxylation is 1. The number of H-pyrrole nitrogens is 1. The first-order valence-corrected chi connectivity index (χ1v) is 5.79. The van der Waals surface area contributed by atoms with Crippen molar-refractivity contribution in [1.29, 1.82) is 0 Å². The third-order valence-corrected chi connectivity index (χ3v) is 2.62. The molecule has 1 aromatic carbocycles. The number of nitrogens with two attached hydrogens (primary N) is 1. The van der Waals surface area contributed by atoms with E-state index in [4.69, 9.17) is 5.73 Å². The molecule has 1 aromatic heterocycles. The van der Waals surface area contributed by atoms with Crippen molar-refractivity contribution in [2.45, 2.75) is 19.0 Å². The summed E-state index contributed by atoms with van der Waals surface area (Å²) in [7, 11) is 0. The van der Waals surface area contributed by atoms with E-state index in [0.29, 0.717) is 30.2 Å². The van der Waals surface area contributed by atoms with Crippen molar-refractivity contribution in [3.05, 3.63) is 35.7 Å². The molecule has 1 heterocycles. The molecule has 0 unspecified atom stereocenters. The highest BCUT2D eigenvalue weighted by Crippen LogP contribution is 2.30. The van der Waals surface area contributed by atoms with Gasteiger partial charge in [0, 0.05) is 12.0 Å². The van der Waals surface area contributed by atoms with Gasteiger partial charge in [0.2, 0.25) is 0 Å². The lowest BCUT2D eigenvalue weighted by Gasteiger charge is -2.05. The molecule has 4 nitrogen and oxygen atoms in total. The lowest BCUT2D eigenvalue weighted by atomic mass is 10.1. The first-order valence-electron chi connectivity index (χ1n) is 5.79. The van der Waals surface area contributed by atoms with E-state index in [1.165, 1.54) is 12.1 Å². The fourth-order valence-corrected chi connectivity index (χ4v) is 1.61. The van der Waals surface area contributed by atoms with Crippen molar-refractivity contribution in [2.24, 2.45) is 5.73 Å². The van der Waals surface area contributed by atoms with E-state index in [1.807, 2.05) is 0 Å². The quantitative estimate of drug-likeness (QED) is 0.896. The predicted octanol–water partition coefficient (Wildman–Crippen LogP) is 2.38. The van der Waals surface area contributed by atoms with E-state index in [1.54, 1.807) is 0 Å². The molecule has 0 radical (unpaired) electrons. The molecule has 19 heavy (non-hydrogen) atoms. The molecule has 0 amide bonds. The maximum atomic E-state index is 12.4. The first kappa shape index (κ1) is 13.5. The van der Waals surface area contributed by atoms with Gasteiger partial charge in [-0.1, -0.05) is 12.1 Å². The van der Waals surface area contributed by atoms with E-state index in [0.717, 1.165) is 18.6 Å². The summed E-state index contributed by atoms with van der Waals surface area (Å²) in [5.41, 5.74) is 5.24. The Bertz CT molecular complexity index is 531. The zero-order valence-corrected chi connectivity index (χ0v) is 10.0. The lowest BCUT2D eigenvalue weighted by molar-refractivity contribution is -0.137. The van der Waals surface area contributed by atoms with E-state index in [9.17, 15) is 13.2 Å². The summed E-state index contributed by atoms with van der Waals surface area (Å²) in [4.78, 5) is 4.21. The smallest absolute Gasteiger partial charge is 0.330 e. The highest BCUT2D eigenvalue weighted by atomic mass is 19.4. The van der Waals surface area contributed by atoms with Crippen LogP contribution in [0.4, 0.5) is 13.2 Å². The zero-order valence-electron chi connectivity index (χ0n) is 10.0. The molecule has 7 heteroatoms. The Hall–Kier alpha value is -1.89. The van der Waals surface area contributed by atoms with E-state index in [-0.39, 0.29) is 0 Å². The van der Waals surface area contributed by atoms with Gasteiger partial charge in [-0.2, -0.15) is 18.3 Å². The Morgan fingerprint density at radius 2 is 1.84 bits per heavy atom. The number of nitrogens with one attached hydrogen (secondary N) is 1. The number of hydrogen-bond acceptors (Lipinski definition) is 3. The molecule has 2 rings (SSSR count). The van der Waals surface area contributed by atoms with E-state index in [2.05, 4.69) is 15.2 Å². The molecule has 102 valence electrons. The maximum absolute atomic E-state index is 12.4. The van der Waals surface area contributed by atoms with Crippen LogP contribution in [0, 0.1) is 0 Å². The summed E-state index contributed by atoms with van der Waals surface area (Å²) in [6.45, 7) is 0.552. The predicted molar refractivity (Wildman–Crippen MR) is 64.2 cm³/mol. The number of rotatable bonds is 4. The van der Waals surface area contributed by atoms with Crippen molar-refractivity contribution < 1.29 is 13.2 Å². The van der Waals surface area contributed by atoms with Gasteiger partial charge in [0.15, 0.2) is 5.82 Å². The van der Waals surface area contributed by atoms with Crippen LogP contribution < -0.4 is 5.73 Å². The standard InChI is InChI=1S/C12H13F3N4/c13-12(14,15)9-5-3-8(4-6-9)11-17-10(18-19-11)2-1-7-16/h3-6H,1-2,7,16H2,(H,17,18,19). The monoisotopic (exact) mass is 270 g/mol. The van der Waals surface area contributed by atoms with Crippen molar-refractivity contribution in [1.82, 2.24) is 15.2 Å². The summed E-state index contributed by atoms with van der Waals surface area (Å²) >= 11 is 0. The fraction of sp³-hybridized carbons (Fsp3) is 0.333. The number of aromatic nitrogens is 3. The number of aromatic amines is 1. The fourth-order valence-electron chi connectivity index (χ4n) is 1.61. The number of alkyl halides is 3. The first-order chi connectivity index (χ1) is 9.00. The van der Waals surface area contributed by atoms with Gasteiger partial charge in [0.1, 0.15) is 5.82 Å². The highest BCUT2D eigenvalue weighted by molar-refractivity contribution is 5.55. The minimum atomic E-state index is -4.33. The number of nitrogens with zero attached hydrogens (tertiary/aromatic N) is 2. The molecule has 0 spiro atoms. The molecule has 0 saturated heterocycles. The Morgan fingerprint density at radius 3 is 2.42 bits per heavy atom. The largest absolute Gasteiger partial charge is 0.416 e. The molecule has 2 aromatic rings. The normalized spacial score (nSPS) is 11.8. The zero-order chi connectivity index (χ0) is 13.9. The maximum Gasteiger partial charge on any atom is 0.416 e. The third kappa shape index (κ3) is 3.31. The number of halogens is 3. The van der Waals surface area contributed by atoms with Crippen LogP contribution in [-0.2, 0) is 12.6 Å². The minimum absolute atomic E-state index is 0.390. The second-order valence-corrected chi connectivity index (χ2v) is 4.07. The summed E-state index contributed by atoms with van der Waals surface area (Å²) in [6.07, 6.45) is -2.88. The molecule has 3 N–H and O–H groups in total. The van der Waals surface area contributed by atoms with E-state index < -0.39 is 11.7 Å². The van der Waals surface area contributed by atoms with Crippen molar-refractivity contribution in [3.8, 4) is 11.4 Å². The molecule has 0 fully saturated rings. The molecule has 0 saturated carbocycles. The van der Waals surface area contributed by atoms with Crippen LogP contribution in [0.25, 0.3) is 11.4 Å². The van der Waals surface area contributed by atoms with Crippen LogP contribution in [0.2, 0.25) is 0 Å². The van der Waals surface area contributed by atoms with Gasteiger partial charge in [-0.25, -0.2) is 4.98 Å². The van der Waals surface area contributed by atoms with Gasteiger partial charge < -0.3 is 5.73 Å². The Morgan fingerprint density at radius 1 is 1.16 bits per heavy atom. The van der Waals surface area contributed by atoms with Gasteiger partial charge >= 0.3 is 6.18 Å². The van der Waals surface area contributed by atoms with Crippen molar-refractivity contribution in [3.63, 3.8) is 0 Å². The Kier molecular flexibility index (Phi) is 3.84. The summed E-state index contributed by atoms with van der Waals surface area (Å²) in [6, 6.07) is 4.76. The van der Waals surface area contributed by atoms with Crippen molar-refractivity contribution >= 4 is 0 Å². The topological polar surface area (TPSA) is 67.6 Å². The average molecular weight is 270 g/mol. The summed E-state index contributed by atoms with van der Waals surface area (Å²) in [5.74, 6) is 1.07. The molecule has 0 aliphatic carbocycles. The van der Waals surface area contributed by atoms with Crippen LogP contribution in [0.3, 0.4) is 0 Å². The molecular formula is C12H13F3N4. The minimum Gasteiger partial charge on any atom is -0.330 e. The Labute approximate surface area is 107 Å². The third-order valence-electron chi connectivity index (χ3n) is 2.62. The molecule has 0 atom stereocenters. The summed E-state index contributed by atoms with van der Waals surface area (Å²) in [5, 5.41) is 6.72. The molecule has 0 aliphatic rings.